The highest BCUT2D eigenvalue weighted by atomic mass is 16.5. The van der Waals surface area contributed by atoms with E-state index in [0.29, 0.717) is 56.9 Å². The van der Waals surface area contributed by atoms with Crippen molar-refractivity contribution in [3.63, 3.8) is 0 Å². The summed E-state index contributed by atoms with van der Waals surface area (Å²) in [6.07, 6.45) is 7.38. The Morgan fingerprint density at radius 1 is 1.31 bits per heavy atom. The zero-order chi connectivity index (χ0) is 22.5. The van der Waals surface area contributed by atoms with Crippen LogP contribution in [0.2, 0.25) is 0 Å². The molecule has 10 nitrogen and oxygen atoms in total. The fraction of sp³-hybridized carbons (Fsp3) is 0.409. The van der Waals surface area contributed by atoms with E-state index in [1.54, 1.807) is 32.6 Å². The maximum absolute atomic E-state index is 12.5. The van der Waals surface area contributed by atoms with Gasteiger partial charge in [-0.05, 0) is 31.4 Å². The van der Waals surface area contributed by atoms with Crippen LogP contribution in [-0.2, 0) is 22.6 Å². The molecule has 1 aliphatic rings. The lowest BCUT2D eigenvalue weighted by atomic mass is 9.96. The first-order valence-corrected chi connectivity index (χ1v) is 10.7. The van der Waals surface area contributed by atoms with E-state index in [9.17, 15) is 9.59 Å². The average molecular weight is 438 g/mol. The van der Waals surface area contributed by atoms with E-state index in [1.807, 2.05) is 13.1 Å². The SMILES string of the molecule is C=CC(=O)N1CC(CCn2c(=O)ccc3cnc(Nc4cnn(CCOCC)c4)nc32)C1. The van der Waals surface area contributed by atoms with E-state index < -0.39 is 0 Å². The largest absolute Gasteiger partial charge is 0.380 e. The Labute approximate surface area is 185 Å². The van der Waals surface area contributed by atoms with Crippen LogP contribution < -0.4 is 10.9 Å². The monoisotopic (exact) mass is 437 g/mol. The number of hydrogen-bond acceptors (Lipinski definition) is 7. The Kier molecular flexibility index (Phi) is 6.60. The Morgan fingerprint density at radius 2 is 2.16 bits per heavy atom. The lowest BCUT2D eigenvalue weighted by molar-refractivity contribution is -0.132. The van der Waals surface area contributed by atoms with Gasteiger partial charge >= 0.3 is 0 Å². The van der Waals surface area contributed by atoms with Crippen LogP contribution in [0.1, 0.15) is 13.3 Å². The smallest absolute Gasteiger partial charge is 0.252 e. The first-order valence-electron chi connectivity index (χ1n) is 10.7. The highest BCUT2D eigenvalue weighted by molar-refractivity contribution is 5.87. The molecule has 1 saturated heterocycles. The number of aryl methyl sites for hydroxylation is 1. The van der Waals surface area contributed by atoms with Gasteiger partial charge in [-0.1, -0.05) is 6.58 Å². The fourth-order valence-corrected chi connectivity index (χ4v) is 3.70. The van der Waals surface area contributed by atoms with Gasteiger partial charge in [0.15, 0.2) is 0 Å². The Morgan fingerprint density at radius 3 is 2.94 bits per heavy atom. The van der Waals surface area contributed by atoms with Gasteiger partial charge in [0, 0.05) is 50.1 Å². The molecule has 1 N–H and O–H groups in total. The lowest BCUT2D eigenvalue weighted by Crippen LogP contribution is -2.49. The minimum atomic E-state index is -0.107. The Hall–Kier alpha value is -3.53. The van der Waals surface area contributed by atoms with Crippen molar-refractivity contribution in [2.45, 2.75) is 26.4 Å². The number of carbonyl (C=O) groups excluding carboxylic acids is 1. The Bertz CT molecular complexity index is 1160. The molecule has 1 fully saturated rings. The molecule has 0 radical (unpaired) electrons. The van der Waals surface area contributed by atoms with E-state index in [2.05, 4.69) is 27.0 Å². The van der Waals surface area contributed by atoms with E-state index >= 15 is 0 Å². The van der Waals surface area contributed by atoms with Gasteiger partial charge in [-0.3, -0.25) is 18.8 Å². The van der Waals surface area contributed by atoms with Gasteiger partial charge in [-0.15, -0.1) is 0 Å². The maximum Gasteiger partial charge on any atom is 0.252 e. The van der Waals surface area contributed by atoms with Crippen LogP contribution in [0.4, 0.5) is 11.6 Å². The third kappa shape index (κ3) is 4.86. The molecule has 10 heteroatoms. The number of amides is 1. The Balaban J connectivity index is 1.45. The number of pyridine rings is 1. The van der Waals surface area contributed by atoms with Crippen molar-refractivity contribution in [3.05, 3.63) is 53.7 Å². The number of hydrogen-bond donors (Lipinski definition) is 1. The molecule has 0 spiro atoms. The van der Waals surface area contributed by atoms with Gasteiger partial charge in [0.05, 0.1) is 25.0 Å². The molecular formula is C22H27N7O3. The van der Waals surface area contributed by atoms with Crippen molar-refractivity contribution in [1.82, 2.24) is 29.2 Å². The minimum Gasteiger partial charge on any atom is -0.380 e. The van der Waals surface area contributed by atoms with Crippen LogP contribution in [0, 0.1) is 5.92 Å². The summed E-state index contributed by atoms with van der Waals surface area (Å²) in [6, 6.07) is 3.27. The third-order valence-corrected chi connectivity index (χ3v) is 5.49. The normalized spacial score (nSPS) is 13.8. The lowest BCUT2D eigenvalue weighted by Gasteiger charge is -2.38. The van der Waals surface area contributed by atoms with E-state index in [-0.39, 0.29) is 11.5 Å². The number of ether oxygens (including phenoxy) is 1. The molecule has 0 saturated carbocycles. The molecule has 0 unspecified atom stereocenters. The van der Waals surface area contributed by atoms with Crippen LogP contribution in [-0.4, -0.2) is 61.4 Å². The predicted octanol–water partition coefficient (Wildman–Crippen LogP) is 1.80. The van der Waals surface area contributed by atoms with Gasteiger partial charge in [-0.2, -0.15) is 10.1 Å². The highest BCUT2D eigenvalue weighted by Crippen LogP contribution is 2.21. The number of nitrogens with one attached hydrogen (secondary N) is 1. The van der Waals surface area contributed by atoms with E-state index in [4.69, 9.17) is 4.74 Å². The van der Waals surface area contributed by atoms with Crippen LogP contribution >= 0.6 is 0 Å². The number of aromatic nitrogens is 5. The number of likely N-dealkylation sites (tertiary alicyclic amines) is 1. The van der Waals surface area contributed by atoms with Crippen molar-refractivity contribution < 1.29 is 9.53 Å². The second-order valence-electron chi connectivity index (χ2n) is 7.71. The van der Waals surface area contributed by atoms with Crippen molar-refractivity contribution in [2.75, 3.05) is 31.6 Å². The molecule has 4 heterocycles. The van der Waals surface area contributed by atoms with Crippen molar-refractivity contribution >= 4 is 28.6 Å². The van der Waals surface area contributed by atoms with E-state index in [0.717, 1.165) is 17.5 Å². The van der Waals surface area contributed by atoms with Crippen LogP contribution in [0.5, 0.6) is 0 Å². The summed E-state index contributed by atoms with van der Waals surface area (Å²) >= 11 is 0. The summed E-state index contributed by atoms with van der Waals surface area (Å²) in [5, 5.41) is 8.24. The van der Waals surface area contributed by atoms with Crippen molar-refractivity contribution in [3.8, 4) is 0 Å². The molecule has 0 aliphatic carbocycles. The maximum atomic E-state index is 12.5. The second-order valence-corrected chi connectivity index (χ2v) is 7.71. The topological polar surface area (TPSA) is 107 Å². The van der Waals surface area contributed by atoms with Crippen molar-refractivity contribution in [2.24, 2.45) is 5.92 Å². The summed E-state index contributed by atoms with van der Waals surface area (Å²) in [5.41, 5.74) is 1.23. The number of fused-ring (bicyclic) bond motifs is 1. The van der Waals surface area contributed by atoms with Gasteiger partial charge in [0.25, 0.3) is 5.56 Å². The second kappa shape index (κ2) is 9.73. The minimum absolute atomic E-state index is 0.0479. The molecular weight excluding hydrogens is 410 g/mol. The molecule has 4 rings (SSSR count). The molecule has 0 aromatic carbocycles. The molecule has 0 atom stereocenters. The van der Waals surface area contributed by atoms with Crippen molar-refractivity contribution in [1.29, 1.82) is 0 Å². The molecule has 168 valence electrons. The predicted molar refractivity (Wildman–Crippen MR) is 121 cm³/mol. The number of anilines is 2. The van der Waals surface area contributed by atoms with Crippen LogP contribution in [0.3, 0.4) is 0 Å². The molecule has 0 bridgehead atoms. The molecule has 32 heavy (non-hydrogen) atoms. The highest BCUT2D eigenvalue weighted by Gasteiger charge is 2.28. The van der Waals surface area contributed by atoms with Crippen LogP contribution in [0.25, 0.3) is 11.0 Å². The first-order chi connectivity index (χ1) is 15.6. The van der Waals surface area contributed by atoms with Crippen LogP contribution in [0.15, 0.2) is 48.2 Å². The standard InChI is InChI=1S/C22H27N7O3/c1-3-19(30)27-13-16(14-27)7-8-29-20(31)6-5-17-11-23-22(26-21(17)29)25-18-12-24-28(15-18)9-10-32-4-2/h3,5-6,11-12,15-16H,1,4,7-10,13-14H2,2H3,(H,23,25,26). The fourth-order valence-electron chi connectivity index (χ4n) is 3.70. The third-order valence-electron chi connectivity index (χ3n) is 5.49. The quantitative estimate of drug-likeness (QED) is 0.381. The first kappa shape index (κ1) is 21.7. The summed E-state index contributed by atoms with van der Waals surface area (Å²) in [7, 11) is 0. The summed E-state index contributed by atoms with van der Waals surface area (Å²) in [5.74, 6) is 0.712. The number of rotatable bonds is 10. The van der Waals surface area contributed by atoms with Gasteiger partial charge in [0.2, 0.25) is 11.9 Å². The summed E-state index contributed by atoms with van der Waals surface area (Å²) in [6.45, 7) is 9.31. The summed E-state index contributed by atoms with van der Waals surface area (Å²) in [4.78, 5) is 34.9. The van der Waals surface area contributed by atoms with E-state index in [1.165, 1.54) is 12.1 Å². The number of carbonyl (C=O) groups is 1. The molecule has 1 amide bonds. The van der Waals surface area contributed by atoms with Gasteiger partial charge < -0.3 is 15.0 Å². The zero-order valence-electron chi connectivity index (χ0n) is 18.1. The van der Waals surface area contributed by atoms with Gasteiger partial charge in [-0.25, -0.2) is 4.98 Å². The number of nitrogens with zero attached hydrogens (tertiary/aromatic N) is 6. The van der Waals surface area contributed by atoms with Gasteiger partial charge in [0.1, 0.15) is 5.65 Å². The molecule has 1 aliphatic heterocycles. The molecule has 3 aromatic rings. The molecule has 3 aromatic heterocycles. The zero-order valence-corrected chi connectivity index (χ0v) is 18.1. The average Bonchev–Trinajstić information content (AvgIpc) is 3.21. The summed E-state index contributed by atoms with van der Waals surface area (Å²) < 4.78 is 8.81.